The molecule has 0 aliphatic carbocycles. The molecule has 0 amide bonds. The Hall–Kier alpha value is -1.12. The van der Waals surface area contributed by atoms with Crippen LogP contribution in [-0.4, -0.2) is 7.12 Å². The number of unbranched alkanes of at least 4 members (excludes halogenated alkanes) is 3. The molecule has 104 valence electrons. The van der Waals surface area contributed by atoms with E-state index in [0.29, 0.717) is 0 Å². The summed E-state index contributed by atoms with van der Waals surface area (Å²) in [5.41, 5.74) is 1.44. The molecule has 1 aromatic carbocycles. The second kappa shape index (κ2) is 5.89. The fourth-order valence-corrected chi connectivity index (χ4v) is 2.33. The Labute approximate surface area is 117 Å². The molecule has 1 aromatic rings. The van der Waals surface area contributed by atoms with Gasteiger partial charge in [-0.15, -0.1) is 0 Å². The average molecular weight is 260 g/mol. The van der Waals surface area contributed by atoms with Crippen LogP contribution in [0.15, 0.2) is 18.2 Å². The zero-order valence-electron chi connectivity index (χ0n) is 12.7. The summed E-state index contributed by atoms with van der Waals surface area (Å²) < 4.78 is 11.7. The topological polar surface area (TPSA) is 18.5 Å². The van der Waals surface area contributed by atoms with Crippen LogP contribution in [0.3, 0.4) is 0 Å². The molecule has 2 nitrogen and oxygen atoms in total. The van der Waals surface area contributed by atoms with Gasteiger partial charge in [0.15, 0.2) is 0 Å². The number of rotatable bonds is 5. The minimum atomic E-state index is -0.0814. The molecule has 1 aliphatic rings. The highest BCUT2D eigenvalue weighted by Gasteiger charge is 2.31. The molecule has 0 spiro atoms. The van der Waals surface area contributed by atoms with Gasteiger partial charge in [0.05, 0.1) is 0 Å². The maximum absolute atomic E-state index is 5.90. The molecule has 0 atom stereocenters. The Balaban J connectivity index is 1.93. The summed E-state index contributed by atoms with van der Waals surface area (Å²) in [6, 6.07) is 6.31. The summed E-state index contributed by atoms with van der Waals surface area (Å²) in [7, 11) is -0.0814. The van der Waals surface area contributed by atoms with Crippen LogP contribution in [0.4, 0.5) is 0 Å². The number of hydrogen-bond donors (Lipinski definition) is 0. The van der Waals surface area contributed by atoms with Gasteiger partial charge in [-0.2, -0.15) is 0 Å². The molecule has 0 radical (unpaired) electrons. The van der Waals surface area contributed by atoms with Gasteiger partial charge in [0, 0.05) is 6.32 Å². The maximum atomic E-state index is 5.90. The van der Waals surface area contributed by atoms with Gasteiger partial charge >= 0.3 is 7.12 Å². The van der Waals surface area contributed by atoms with Gasteiger partial charge in [-0.1, -0.05) is 59.4 Å². The number of hydrogen-bond acceptors (Lipinski definition) is 2. The lowest BCUT2D eigenvalue weighted by molar-refractivity contribution is 0.488. The standard InChI is InChI=1S/C16H25BO2/c1-5-6-7-8-11-17-18-14-10-9-13(16(2,3)4)12-15(14)19-17/h9-10,12H,5-8,11H2,1-4H3. The van der Waals surface area contributed by atoms with E-state index in [4.69, 9.17) is 9.31 Å². The third-order valence-corrected chi connectivity index (χ3v) is 3.62. The summed E-state index contributed by atoms with van der Waals surface area (Å²) in [6.07, 6.45) is 6.00. The molecular weight excluding hydrogens is 235 g/mol. The van der Waals surface area contributed by atoms with Crippen LogP contribution in [0, 0.1) is 0 Å². The summed E-state index contributed by atoms with van der Waals surface area (Å²) in [4.78, 5) is 0. The highest BCUT2D eigenvalue weighted by atomic mass is 16.6. The van der Waals surface area contributed by atoms with Crippen molar-refractivity contribution in [1.82, 2.24) is 0 Å². The minimum Gasteiger partial charge on any atom is -0.523 e. The number of benzene rings is 1. The highest BCUT2D eigenvalue weighted by molar-refractivity contribution is 6.47. The van der Waals surface area contributed by atoms with Crippen LogP contribution < -0.4 is 9.31 Å². The van der Waals surface area contributed by atoms with E-state index in [1.807, 2.05) is 6.07 Å². The van der Waals surface area contributed by atoms with Gasteiger partial charge in [-0.25, -0.2) is 0 Å². The average Bonchev–Trinajstić information content (AvgIpc) is 2.75. The lowest BCUT2D eigenvalue weighted by atomic mass is 9.82. The van der Waals surface area contributed by atoms with E-state index in [1.165, 1.54) is 31.2 Å². The van der Waals surface area contributed by atoms with Gasteiger partial charge in [-0.3, -0.25) is 0 Å². The van der Waals surface area contributed by atoms with Gasteiger partial charge in [0.2, 0.25) is 0 Å². The van der Waals surface area contributed by atoms with Crippen molar-refractivity contribution in [2.75, 3.05) is 0 Å². The number of fused-ring (bicyclic) bond motifs is 1. The minimum absolute atomic E-state index is 0.0814. The quantitative estimate of drug-likeness (QED) is 0.558. The van der Waals surface area contributed by atoms with E-state index in [2.05, 4.69) is 39.8 Å². The Morgan fingerprint density at radius 1 is 1.00 bits per heavy atom. The van der Waals surface area contributed by atoms with Gasteiger partial charge in [-0.05, 0) is 23.1 Å². The summed E-state index contributed by atoms with van der Waals surface area (Å²) in [5, 5.41) is 0. The second-order valence-corrected chi connectivity index (χ2v) is 6.43. The van der Waals surface area contributed by atoms with Crippen molar-refractivity contribution in [2.45, 2.75) is 65.1 Å². The Morgan fingerprint density at radius 3 is 2.42 bits per heavy atom. The van der Waals surface area contributed by atoms with E-state index in [1.54, 1.807) is 0 Å². The monoisotopic (exact) mass is 260 g/mol. The molecule has 0 saturated heterocycles. The Morgan fingerprint density at radius 2 is 1.74 bits per heavy atom. The van der Waals surface area contributed by atoms with Crippen LogP contribution in [-0.2, 0) is 5.41 Å². The molecule has 0 N–H and O–H groups in total. The van der Waals surface area contributed by atoms with Crippen molar-refractivity contribution in [3.63, 3.8) is 0 Å². The van der Waals surface area contributed by atoms with Crippen LogP contribution in [0.25, 0.3) is 0 Å². The first-order valence-corrected chi connectivity index (χ1v) is 7.48. The predicted octanol–water partition coefficient (Wildman–Crippen LogP) is 4.82. The fraction of sp³-hybridized carbons (Fsp3) is 0.625. The summed E-state index contributed by atoms with van der Waals surface area (Å²) in [5.74, 6) is 1.81. The molecule has 0 saturated carbocycles. The van der Waals surface area contributed by atoms with Crippen molar-refractivity contribution >= 4 is 7.12 Å². The van der Waals surface area contributed by atoms with Crippen LogP contribution in [0.5, 0.6) is 11.5 Å². The highest BCUT2D eigenvalue weighted by Crippen LogP contribution is 2.38. The smallest absolute Gasteiger partial charge is 0.523 e. The Bertz CT molecular complexity index is 423. The maximum Gasteiger partial charge on any atom is 0.594 e. The van der Waals surface area contributed by atoms with Crippen LogP contribution >= 0.6 is 0 Å². The SMILES string of the molecule is CCCCCCB1Oc2ccc(C(C)(C)C)cc2O1. The van der Waals surface area contributed by atoms with Gasteiger partial charge in [0.25, 0.3) is 0 Å². The molecule has 0 aromatic heterocycles. The third-order valence-electron chi connectivity index (χ3n) is 3.62. The first kappa shape index (κ1) is 14.3. The zero-order valence-corrected chi connectivity index (χ0v) is 12.7. The summed E-state index contributed by atoms with van der Waals surface area (Å²) in [6.45, 7) is 8.87. The predicted molar refractivity (Wildman–Crippen MR) is 81.1 cm³/mol. The lowest BCUT2D eigenvalue weighted by Crippen LogP contribution is -2.23. The Kier molecular flexibility index (Phi) is 4.44. The third kappa shape index (κ3) is 3.68. The molecule has 1 heterocycles. The molecule has 2 rings (SSSR count). The lowest BCUT2D eigenvalue weighted by Gasteiger charge is -2.19. The van der Waals surface area contributed by atoms with Crippen molar-refractivity contribution in [3.8, 4) is 11.5 Å². The molecule has 0 unspecified atom stereocenters. The van der Waals surface area contributed by atoms with Crippen molar-refractivity contribution in [2.24, 2.45) is 0 Å². The first-order valence-electron chi connectivity index (χ1n) is 7.48. The normalized spacial score (nSPS) is 14.0. The molecule has 1 aliphatic heterocycles. The molecular formula is C16H25BO2. The molecule has 0 fully saturated rings. The van der Waals surface area contributed by atoms with E-state index in [0.717, 1.165) is 17.8 Å². The van der Waals surface area contributed by atoms with Crippen LogP contribution in [0.2, 0.25) is 6.32 Å². The zero-order chi connectivity index (χ0) is 13.9. The van der Waals surface area contributed by atoms with E-state index in [-0.39, 0.29) is 12.5 Å². The summed E-state index contributed by atoms with van der Waals surface area (Å²) >= 11 is 0. The first-order chi connectivity index (χ1) is 9.00. The van der Waals surface area contributed by atoms with E-state index < -0.39 is 0 Å². The second-order valence-electron chi connectivity index (χ2n) is 6.43. The van der Waals surface area contributed by atoms with Crippen molar-refractivity contribution in [1.29, 1.82) is 0 Å². The fourth-order valence-electron chi connectivity index (χ4n) is 2.33. The van der Waals surface area contributed by atoms with Crippen molar-refractivity contribution in [3.05, 3.63) is 23.8 Å². The van der Waals surface area contributed by atoms with E-state index >= 15 is 0 Å². The van der Waals surface area contributed by atoms with Crippen molar-refractivity contribution < 1.29 is 9.31 Å². The molecule has 3 heteroatoms. The van der Waals surface area contributed by atoms with Gasteiger partial charge in [0.1, 0.15) is 11.5 Å². The van der Waals surface area contributed by atoms with Crippen LogP contribution in [0.1, 0.15) is 58.9 Å². The largest absolute Gasteiger partial charge is 0.594 e. The molecule has 19 heavy (non-hydrogen) atoms. The van der Waals surface area contributed by atoms with Gasteiger partial charge < -0.3 is 9.31 Å². The molecule has 0 bridgehead atoms. The van der Waals surface area contributed by atoms with E-state index in [9.17, 15) is 0 Å².